The molecule has 344 valence electrons. The van der Waals surface area contributed by atoms with E-state index in [1.54, 1.807) is 40.9 Å². The molecule has 7 rings (SSSR count). The predicted octanol–water partition coefficient (Wildman–Crippen LogP) is 10.7. The molecule has 1 unspecified atom stereocenters. The average molecular weight is 899 g/mol. The van der Waals surface area contributed by atoms with E-state index in [2.05, 4.69) is 25.3 Å². The number of allylic oxidation sites excluding steroid dienone is 1. The van der Waals surface area contributed by atoms with Gasteiger partial charge in [0, 0.05) is 49.0 Å². The second-order valence-electron chi connectivity index (χ2n) is 16.9. The number of hydrogen-bond acceptors (Lipinski definition) is 11. The van der Waals surface area contributed by atoms with Crippen molar-refractivity contribution < 1.29 is 47.9 Å². The van der Waals surface area contributed by atoms with E-state index >= 15 is 0 Å². The van der Waals surface area contributed by atoms with Crippen molar-refractivity contribution >= 4 is 23.6 Å². The third kappa shape index (κ3) is 11.1. The first kappa shape index (κ1) is 47.3. The van der Waals surface area contributed by atoms with Gasteiger partial charge >= 0.3 is 6.09 Å². The lowest BCUT2D eigenvalue weighted by Gasteiger charge is -2.59. The summed E-state index contributed by atoms with van der Waals surface area (Å²) >= 11 is 1.66. The quantitative estimate of drug-likeness (QED) is 0.0435. The fourth-order valence-corrected chi connectivity index (χ4v) is 10.2. The number of aliphatic hydroxyl groups excluding tert-OH is 2. The van der Waals surface area contributed by atoms with E-state index in [1.165, 1.54) is 12.1 Å². The highest BCUT2D eigenvalue weighted by molar-refractivity contribution is 7.98. The number of unbranched alkanes of at least 4 members (excludes halogenated alkanes) is 2. The second kappa shape index (κ2) is 23.0. The molecule has 2 aliphatic carbocycles. The van der Waals surface area contributed by atoms with Crippen molar-refractivity contribution in [1.29, 1.82) is 0 Å². The molecule has 3 aromatic carbocycles. The Kier molecular flexibility index (Phi) is 17.0. The van der Waals surface area contributed by atoms with Gasteiger partial charge in [-0.1, -0.05) is 48.4 Å². The monoisotopic (exact) mass is 898 g/mol. The zero-order valence-corrected chi connectivity index (χ0v) is 37.7. The standard InChI is InChI=1S/C51H63FN2O9S/c1-4-6-29-59-50(57)54(34-35-16-18-37(52)19-17-35)46-33-44(53-63-47-15-9-12-30-58-47)42-31-36(13-7-10-26-55)41(14-8-11-27-56)48-43-32-39(61-38-20-23-40(64-3)24-21-38)22-25-45(43)62-51(46,49(42)48)60-28-5-2/h4-5,16-25,31-32,36,41,46-49,55-56H,1-2,6-15,26-30,33-34H2,3H3/t36-,41+,46-,47?,48+,49+,51+/m0/s1. The largest absolute Gasteiger partial charge is 0.459 e. The lowest BCUT2D eigenvalue weighted by Crippen LogP contribution is -2.70. The molecule has 1 saturated carbocycles. The molecule has 0 radical (unpaired) electrons. The fraction of sp³-hybridized carbons (Fsp3) is 0.490. The van der Waals surface area contributed by atoms with Crippen molar-refractivity contribution in [3.05, 3.63) is 121 Å². The molecule has 0 bridgehead atoms. The molecule has 2 N–H and O–H groups in total. The van der Waals surface area contributed by atoms with Gasteiger partial charge in [0.25, 0.3) is 0 Å². The van der Waals surface area contributed by atoms with Crippen LogP contribution in [0.5, 0.6) is 17.2 Å². The van der Waals surface area contributed by atoms with Crippen LogP contribution in [0.4, 0.5) is 9.18 Å². The molecule has 2 heterocycles. The Balaban J connectivity index is 1.44. The van der Waals surface area contributed by atoms with E-state index in [9.17, 15) is 19.4 Å². The Hall–Kier alpha value is -4.66. The van der Waals surface area contributed by atoms with Crippen LogP contribution in [0.15, 0.2) is 114 Å². The van der Waals surface area contributed by atoms with Gasteiger partial charge in [-0.15, -0.1) is 24.9 Å². The predicted molar refractivity (Wildman–Crippen MR) is 246 cm³/mol. The SMILES string of the molecule is C=CCCOC(=O)N(Cc1ccc(F)cc1)[C@H]1CC(=NOC2CCCCO2)C2=C[C@H](CCCCO)[C@@H](CCCCO)[C@@H]3c4cc(Oc5ccc(SC)cc5)ccc4O[C@@]1(OCC=C)[C@H]23. The maximum absolute atomic E-state index is 14.7. The number of ether oxygens (including phenoxy) is 5. The number of aliphatic hydroxyl groups is 2. The van der Waals surface area contributed by atoms with Crippen LogP contribution in [0, 0.1) is 23.6 Å². The molecule has 4 aliphatic rings. The number of hydrogen-bond donors (Lipinski definition) is 2. The molecular formula is C51H63FN2O9S. The summed E-state index contributed by atoms with van der Waals surface area (Å²) in [5.41, 5.74) is 3.16. The molecule has 2 fully saturated rings. The Bertz CT molecular complexity index is 2070. The third-order valence-electron chi connectivity index (χ3n) is 12.8. The van der Waals surface area contributed by atoms with E-state index in [1.807, 2.05) is 42.7 Å². The first-order valence-electron chi connectivity index (χ1n) is 22.8. The van der Waals surface area contributed by atoms with E-state index in [-0.39, 0.29) is 57.1 Å². The number of amides is 1. The minimum absolute atomic E-state index is 0.0112. The maximum atomic E-state index is 14.7. The van der Waals surface area contributed by atoms with Gasteiger partial charge in [0.05, 0.1) is 31.5 Å². The van der Waals surface area contributed by atoms with Crippen LogP contribution < -0.4 is 9.47 Å². The van der Waals surface area contributed by atoms with Crippen molar-refractivity contribution in [3.8, 4) is 17.2 Å². The van der Waals surface area contributed by atoms with Crippen LogP contribution in [0.2, 0.25) is 0 Å². The van der Waals surface area contributed by atoms with Gasteiger partial charge in [-0.05, 0) is 129 Å². The molecule has 2 aliphatic heterocycles. The first-order chi connectivity index (χ1) is 31.3. The molecule has 11 nitrogen and oxygen atoms in total. The zero-order valence-electron chi connectivity index (χ0n) is 36.9. The highest BCUT2D eigenvalue weighted by atomic mass is 32.2. The highest BCUT2D eigenvalue weighted by Gasteiger charge is 2.65. The Morgan fingerprint density at radius 2 is 1.75 bits per heavy atom. The van der Waals surface area contributed by atoms with E-state index in [4.69, 9.17) is 33.7 Å². The lowest BCUT2D eigenvalue weighted by molar-refractivity contribution is -0.256. The number of oxime groups is 1. The second-order valence-corrected chi connectivity index (χ2v) is 17.8. The van der Waals surface area contributed by atoms with Crippen LogP contribution in [-0.2, 0) is 25.6 Å². The fourth-order valence-electron chi connectivity index (χ4n) is 9.81. The number of benzene rings is 3. The van der Waals surface area contributed by atoms with Crippen LogP contribution in [0.1, 0.15) is 87.7 Å². The van der Waals surface area contributed by atoms with Gasteiger partial charge in [0.15, 0.2) is 0 Å². The third-order valence-corrected chi connectivity index (χ3v) is 13.5. The maximum Gasteiger partial charge on any atom is 0.410 e. The Labute approximate surface area is 381 Å². The van der Waals surface area contributed by atoms with Crippen LogP contribution in [0.3, 0.4) is 0 Å². The Morgan fingerprint density at radius 3 is 2.45 bits per heavy atom. The van der Waals surface area contributed by atoms with Crippen molar-refractivity contribution in [2.24, 2.45) is 22.9 Å². The van der Waals surface area contributed by atoms with Crippen molar-refractivity contribution in [3.63, 3.8) is 0 Å². The number of nitrogens with zero attached hydrogens (tertiary/aromatic N) is 2. The summed E-state index contributed by atoms with van der Waals surface area (Å²) < 4.78 is 47.3. The van der Waals surface area contributed by atoms with E-state index in [0.29, 0.717) is 60.8 Å². The van der Waals surface area contributed by atoms with Crippen molar-refractivity contribution in [2.75, 3.05) is 39.3 Å². The molecule has 64 heavy (non-hydrogen) atoms. The van der Waals surface area contributed by atoms with Gasteiger partial charge in [-0.25, -0.2) is 9.18 Å². The Morgan fingerprint density at radius 1 is 0.984 bits per heavy atom. The summed E-state index contributed by atoms with van der Waals surface area (Å²) in [6, 6.07) is 19.1. The number of rotatable bonds is 22. The summed E-state index contributed by atoms with van der Waals surface area (Å²) in [7, 11) is 0. The average Bonchev–Trinajstić information content (AvgIpc) is 3.32. The number of carbonyl (C=O) groups is 1. The van der Waals surface area contributed by atoms with Gasteiger partial charge < -0.3 is 38.7 Å². The summed E-state index contributed by atoms with van der Waals surface area (Å²) in [6.45, 7) is 8.84. The zero-order chi connectivity index (χ0) is 44.9. The number of fused-ring (bicyclic) bond motifs is 2. The molecule has 3 aromatic rings. The number of carbonyl (C=O) groups excluding carboxylic acids is 1. The van der Waals surface area contributed by atoms with Gasteiger partial charge in [-0.2, -0.15) is 0 Å². The molecule has 0 aromatic heterocycles. The summed E-state index contributed by atoms with van der Waals surface area (Å²) in [4.78, 5) is 23.7. The van der Waals surface area contributed by atoms with Crippen LogP contribution in [-0.4, -0.2) is 84.3 Å². The molecule has 7 atom stereocenters. The highest BCUT2D eigenvalue weighted by Crippen LogP contribution is 2.62. The minimum Gasteiger partial charge on any atom is -0.459 e. The van der Waals surface area contributed by atoms with E-state index < -0.39 is 35.9 Å². The molecule has 13 heteroatoms. The number of halogens is 1. The van der Waals surface area contributed by atoms with Crippen LogP contribution in [0.25, 0.3) is 0 Å². The minimum atomic E-state index is -1.52. The smallest absolute Gasteiger partial charge is 0.410 e. The summed E-state index contributed by atoms with van der Waals surface area (Å²) in [5.74, 6) is -0.734. The molecule has 0 spiro atoms. The molecular weight excluding hydrogens is 836 g/mol. The first-order valence-corrected chi connectivity index (χ1v) is 24.0. The normalized spacial score (nSPS) is 25.2. The van der Waals surface area contributed by atoms with Gasteiger partial charge in [-0.3, -0.25) is 4.90 Å². The lowest BCUT2D eigenvalue weighted by atomic mass is 9.55. The van der Waals surface area contributed by atoms with Crippen molar-refractivity contribution in [2.45, 2.75) is 106 Å². The van der Waals surface area contributed by atoms with E-state index in [0.717, 1.165) is 54.6 Å². The molecule has 1 saturated heterocycles. The van der Waals surface area contributed by atoms with Gasteiger partial charge in [0.2, 0.25) is 12.1 Å². The van der Waals surface area contributed by atoms with Gasteiger partial charge in [0.1, 0.15) is 29.1 Å². The summed E-state index contributed by atoms with van der Waals surface area (Å²) in [5, 5.41) is 24.9. The van der Waals surface area contributed by atoms with Crippen LogP contribution >= 0.6 is 11.8 Å². The summed E-state index contributed by atoms with van der Waals surface area (Å²) in [6.07, 6.45) is 14.3. The molecule has 1 amide bonds. The number of thioether (sulfide) groups is 1. The van der Waals surface area contributed by atoms with Crippen molar-refractivity contribution in [1.82, 2.24) is 4.90 Å². The topological polar surface area (TPSA) is 129 Å².